The van der Waals surface area contributed by atoms with E-state index in [1.807, 2.05) is 32.0 Å². The molecule has 0 radical (unpaired) electrons. The summed E-state index contributed by atoms with van der Waals surface area (Å²) in [4.78, 5) is 28.3. The van der Waals surface area contributed by atoms with E-state index in [0.29, 0.717) is 5.52 Å². The van der Waals surface area contributed by atoms with E-state index in [-0.39, 0.29) is 36.7 Å². The highest BCUT2D eigenvalue weighted by atomic mass is 16.5. The van der Waals surface area contributed by atoms with Crippen molar-refractivity contribution in [2.45, 2.75) is 33.6 Å². The van der Waals surface area contributed by atoms with Crippen LogP contribution in [-0.4, -0.2) is 28.4 Å². The molecule has 0 aliphatic heterocycles. The third-order valence-corrected chi connectivity index (χ3v) is 4.48. The summed E-state index contributed by atoms with van der Waals surface area (Å²) in [6.07, 6.45) is -0.0872. The average Bonchev–Trinajstić information content (AvgIpc) is 2.64. The van der Waals surface area contributed by atoms with Gasteiger partial charge in [-0.25, -0.2) is 4.98 Å². The van der Waals surface area contributed by atoms with Crippen molar-refractivity contribution in [3.63, 3.8) is 0 Å². The fraction of sp³-hybridized carbons (Fsp3) is 0.261. The van der Waals surface area contributed by atoms with Gasteiger partial charge in [0, 0.05) is 11.8 Å². The number of fused-ring (bicyclic) bond motifs is 1. The van der Waals surface area contributed by atoms with Gasteiger partial charge in [-0.15, -0.1) is 0 Å². The Bertz CT molecular complexity index is 1040. The molecule has 28 heavy (non-hydrogen) atoms. The first kappa shape index (κ1) is 19.5. The number of hydrogen-bond acceptors (Lipinski definition) is 5. The molecule has 5 heteroatoms. The SMILES string of the molecule is CCOC(=O)CCC(=O)c1nc2cc(-c3cc(C)cc(C)c3)ccc2cc1O. The van der Waals surface area contributed by atoms with Gasteiger partial charge >= 0.3 is 5.97 Å². The van der Waals surface area contributed by atoms with Gasteiger partial charge in [0.25, 0.3) is 0 Å². The quantitative estimate of drug-likeness (QED) is 0.495. The van der Waals surface area contributed by atoms with E-state index in [0.717, 1.165) is 16.5 Å². The summed E-state index contributed by atoms with van der Waals surface area (Å²) in [7, 11) is 0. The van der Waals surface area contributed by atoms with Crippen LogP contribution in [0.1, 0.15) is 41.4 Å². The highest BCUT2D eigenvalue weighted by Crippen LogP contribution is 2.29. The van der Waals surface area contributed by atoms with E-state index < -0.39 is 5.97 Å². The number of rotatable bonds is 6. The van der Waals surface area contributed by atoms with Gasteiger partial charge < -0.3 is 9.84 Å². The maximum absolute atomic E-state index is 12.4. The predicted octanol–water partition coefficient (Wildman–Crippen LogP) is 4.75. The standard InChI is InChI=1S/C23H23NO4/c1-4-28-22(27)8-7-20(25)23-21(26)13-17-6-5-16(12-19(17)24-23)18-10-14(2)9-15(3)11-18/h5-6,9-13,26H,4,7-8H2,1-3H3. The van der Waals surface area contributed by atoms with Crippen LogP contribution in [0.4, 0.5) is 0 Å². The number of carbonyl (C=O) groups is 2. The monoisotopic (exact) mass is 377 g/mol. The number of hydrogen-bond donors (Lipinski definition) is 1. The lowest BCUT2D eigenvalue weighted by Crippen LogP contribution is -2.09. The molecular weight excluding hydrogens is 354 g/mol. The number of ketones is 1. The average molecular weight is 377 g/mol. The van der Waals surface area contributed by atoms with E-state index in [1.165, 1.54) is 17.2 Å². The van der Waals surface area contributed by atoms with Crippen LogP contribution in [0.15, 0.2) is 42.5 Å². The van der Waals surface area contributed by atoms with Crippen molar-refractivity contribution in [1.29, 1.82) is 0 Å². The molecule has 0 saturated carbocycles. The number of esters is 1. The summed E-state index contributed by atoms with van der Waals surface area (Å²) in [5.41, 5.74) is 5.00. The summed E-state index contributed by atoms with van der Waals surface area (Å²) in [6.45, 7) is 6.08. The van der Waals surface area contributed by atoms with Crippen molar-refractivity contribution in [2.75, 3.05) is 6.61 Å². The Morgan fingerprint density at radius 2 is 1.68 bits per heavy atom. The van der Waals surface area contributed by atoms with Crippen LogP contribution in [0.3, 0.4) is 0 Å². The Hall–Kier alpha value is -3.21. The second-order valence-corrected chi connectivity index (χ2v) is 6.87. The first-order valence-electron chi connectivity index (χ1n) is 9.28. The predicted molar refractivity (Wildman–Crippen MR) is 109 cm³/mol. The maximum atomic E-state index is 12.4. The number of aromatic hydroxyl groups is 1. The highest BCUT2D eigenvalue weighted by molar-refractivity contribution is 6.00. The van der Waals surface area contributed by atoms with Crippen molar-refractivity contribution in [3.8, 4) is 16.9 Å². The molecule has 0 aliphatic rings. The van der Waals surface area contributed by atoms with Gasteiger partial charge in [-0.1, -0.05) is 41.5 Å². The molecule has 2 aromatic carbocycles. The molecule has 0 amide bonds. The Morgan fingerprint density at radius 1 is 0.964 bits per heavy atom. The molecule has 1 aromatic heterocycles. The van der Waals surface area contributed by atoms with Crippen LogP contribution < -0.4 is 0 Å². The number of aromatic nitrogens is 1. The lowest BCUT2D eigenvalue weighted by molar-refractivity contribution is -0.143. The Balaban J connectivity index is 1.94. The Morgan fingerprint density at radius 3 is 2.36 bits per heavy atom. The molecule has 144 valence electrons. The summed E-state index contributed by atoms with van der Waals surface area (Å²) in [6, 6.07) is 13.6. The number of pyridine rings is 1. The molecule has 0 fully saturated rings. The third-order valence-electron chi connectivity index (χ3n) is 4.48. The van der Waals surface area contributed by atoms with Crippen LogP contribution in [0, 0.1) is 13.8 Å². The number of aryl methyl sites for hydroxylation is 2. The van der Waals surface area contributed by atoms with E-state index >= 15 is 0 Å². The van der Waals surface area contributed by atoms with Crippen molar-refractivity contribution in [1.82, 2.24) is 4.98 Å². The molecule has 0 bridgehead atoms. The van der Waals surface area contributed by atoms with Crippen molar-refractivity contribution < 1.29 is 19.4 Å². The molecule has 0 saturated heterocycles. The van der Waals surface area contributed by atoms with Crippen LogP contribution in [0.5, 0.6) is 5.75 Å². The summed E-state index contributed by atoms with van der Waals surface area (Å²) < 4.78 is 4.84. The van der Waals surface area contributed by atoms with Crippen LogP contribution in [0.2, 0.25) is 0 Å². The van der Waals surface area contributed by atoms with Gasteiger partial charge in [0.05, 0.1) is 18.5 Å². The molecule has 3 rings (SSSR count). The zero-order valence-electron chi connectivity index (χ0n) is 16.3. The summed E-state index contributed by atoms with van der Waals surface area (Å²) in [5.74, 6) is -1.00. The van der Waals surface area contributed by atoms with Crippen molar-refractivity contribution >= 4 is 22.7 Å². The minimum Gasteiger partial charge on any atom is -0.506 e. The second kappa shape index (κ2) is 8.21. The van der Waals surface area contributed by atoms with Gasteiger partial charge in [-0.3, -0.25) is 9.59 Å². The molecule has 1 heterocycles. The van der Waals surface area contributed by atoms with Gasteiger partial charge in [-0.2, -0.15) is 0 Å². The summed E-state index contributed by atoms with van der Waals surface area (Å²) >= 11 is 0. The first-order chi connectivity index (χ1) is 13.4. The van der Waals surface area contributed by atoms with E-state index in [2.05, 4.69) is 23.2 Å². The lowest BCUT2D eigenvalue weighted by atomic mass is 9.99. The summed E-state index contributed by atoms with van der Waals surface area (Å²) in [5, 5.41) is 11.0. The molecular formula is C23H23NO4. The molecule has 3 aromatic rings. The van der Waals surface area contributed by atoms with Gasteiger partial charge in [0.15, 0.2) is 5.78 Å². The zero-order chi connectivity index (χ0) is 20.3. The number of nitrogens with zero attached hydrogens (tertiary/aromatic N) is 1. The molecule has 1 N–H and O–H groups in total. The smallest absolute Gasteiger partial charge is 0.306 e. The minimum atomic E-state index is -0.437. The maximum Gasteiger partial charge on any atom is 0.306 e. The highest BCUT2D eigenvalue weighted by Gasteiger charge is 2.17. The van der Waals surface area contributed by atoms with Crippen molar-refractivity contribution in [3.05, 3.63) is 59.3 Å². The number of benzene rings is 2. The third kappa shape index (κ3) is 4.36. The zero-order valence-corrected chi connectivity index (χ0v) is 16.3. The lowest BCUT2D eigenvalue weighted by Gasteiger charge is -2.09. The van der Waals surface area contributed by atoms with Gasteiger partial charge in [-0.05, 0) is 44.0 Å². The van der Waals surface area contributed by atoms with Crippen LogP contribution >= 0.6 is 0 Å². The molecule has 0 unspecified atom stereocenters. The fourth-order valence-electron chi connectivity index (χ4n) is 3.25. The Labute approximate surface area is 164 Å². The van der Waals surface area contributed by atoms with E-state index in [9.17, 15) is 14.7 Å². The van der Waals surface area contributed by atoms with E-state index in [1.54, 1.807) is 6.92 Å². The molecule has 0 spiro atoms. The number of Topliss-reactive ketones (excluding diaryl/α,β-unsaturated/α-hetero) is 1. The first-order valence-corrected chi connectivity index (χ1v) is 9.28. The van der Waals surface area contributed by atoms with E-state index in [4.69, 9.17) is 4.74 Å². The topological polar surface area (TPSA) is 76.5 Å². The second-order valence-electron chi connectivity index (χ2n) is 6.87. The number of carbonyl (C=O) groups excluding carboxylic acids is 2. The minimum absolute atomic E-state index is 0.0191. The van der Waals surface area contributed by atoms with Crippen LogP contribution in [-0.2, 0) is 9.53 Å². The number of ether oxygens (including phenoxy) is 1. The van der Waals surface area contributed by atoms with Crippen LogP contribution in [0.25, 0.3) is 22.0 Å². The normalized spacial score (nSPS) is 10.8. The van der Waals surface area contributed by atoms with Crippen molar-refractivity contribution in [2.24, 2.45) is 0 Å². The largest absolute Gasteiger partial charge is 0.506 e. The molecule has 0 aliphatic carbocycles. The molecule has 5 nitrogen and oxygen atoms in total. The Kier molecular flexibility index (Phi) is 5.73. The fourth-order valence-corrected chi connectivity index (χ4v) is 3.25. The van der Waals surface area contributed by atoms with Gasteiger partial charge in [0.2, 0.25) is 0 Å². The molecule has 0 atom stereocenters. The van der Waals surface area contributed by atoms with Gasteiger partial charge in [0.1, 0.15) is 11.4 Å².